The van der Waals surface area contributed by atoms with E-state index in [4.69, 9.17) is 16.3 Å². The highest BCUT2D eigenvalue weighted by Crippen LogP contribution is 2.59. The van der Waals surface area contributed by atoms with Crippen molar-refractivity contribution in [3.8, 4) is 0 Å². The van der Waals surface area contributed by atoms with Crippen LogP contribution in [0.1, 0.15) is 82.5 Å². The number of piperidine rings is 1. The van der Waals surface area contributed by atoms with E-state index in [9.17, 15) is 9.59 Å². The summed E-state index contributed by atoms with van der Waals surface area (Å²) < 4.78 is 5.82. The molecule has 5 nitrogen and oxygen atoms in total. The van der Waals surface area contributed by atoms with Crippen LogP contribution in [0.3, 0.4) is 0 Å². The molecule has 198 valence electrons. The third kappa shape index (κ3) is 5.76. The van der Waals surface area contributed by atoms with E-state index in [1.54, 1.807) is 11.8 Å². The molecular weight excluding hydrogens is 492 g/mol. The van der Waals surface area contributed by atoms with Crippen molar-refractivity contribution in [1.82, 2.24) is 10.6 Å². The van der Waals surface area contributed by atoms with Gasteiger partial charge in [-0.05, 0) is 127 Å². The lowest BCUT2D eigenvalue weighted by Crippen LogP contribution is -2.51. The Balaban J connectivity index is 1.24. The zero-order valence-corrected chi connectivity index (χ0v) is 23.5. The molecule has 1 amide bonds. The molecule has 0 radical (unpaired) electrons. The predicted octanol–water partition coefficient (Wildman–Crippen LogP) is 6.09. The Hall–Kier alpha value is -1.24. The fourth-order valence-corrected chi connectivity index (χ4v) is 8.98. The molecule has 0 aromatic heterocycles. The summed E-state index contributed by atoms with van der Waals surface area (Å²) >= 11 is 8.11. The van der Waals surface area contributed by atoms with Gasteiger partial charge in [0.1, 0.15) is 5.60 Å². The largest absolute Gasteiger partial charge is 0.460 e. The standard InChI is InChI=1S/C29H41ClN2O3S/c1-27(2,3)35-26(34)29(6-8-31-9-7-29)18-36-22-4-5-24(30)23(13-22)25(33)32-17-28-14-19-10-20(15-28)12-21(11-19)16-28/h4-5,13,19-21,31H,6-12,14-18H2,1-3H3,(H,32,33). The highest BCUT2D eigenvalue weighted by molar-refractivity contribution is 7.99. The molecule has 4 aliphatic carbocycles. The van der Waals surface area contributed by atoms with E-state index in [1.807, 2.05) is 39.0 Å². The molecule has 0 spiro atoms. The monoisotopic (exact) mass is 532 g/mol. The van der Waals surface area contributed by atoms with Crippen molar-refractivity contribution in [2.75, 3.05) is 25.4 Å². The number of rotatable bonds is 7. The van der Waals surface area contributed by atoms with Crippen molar-refractivity contribution in [2.24, 2.45) is 28.6 Å². The number of benzene rings is 1. The molecule has 4 saturated carbocycles. The van der Waals surface area contributed by atoms with Crippen LogP contribution in [-0.2, 0) is 9.53 Å². The zero-order chi connectivity index (χ0) is 25.6. The first-order valence-corrected chi connectivity index (χ1v) is 15.1. The topological polar surface area (TPSA) is 67.4 Å². The fraction of sp³-hybridized carbons (Fsp3) is 0.724. The Morgan fingerprint density at radius 3 is 2.28 bits per heavy atom. The van der Waals surface area contributed by atoms with E-state index in [-0.39, 0.29) is 17.3 Å². The third-order valence-electron chi connectivity index (χ3n) is 8.88. The second kappa shape index (κ2) is 10.1. The lowest BCUT2D eigenvalue weighted by atomic mass is 9.49. The quantitative estimate of drug-likeness (QED) is 0.328. The summed E-state index contributed by atoms with van der Waals surface area (Å²) in [5.41, 5.74) is -0.216. The summed E-state index contributed by atoms with van der Waals surface area (Å²) in [6.07, 6.45) is 9.51. The molecule has 1 aromatic rings. The Morgan fingerprint density at radius 1 is 1.08 bits per heavy atom. The second-order valence-electron chi connectivity index (χ2n) is 13.1. The summed E-state index contributed by atoms with van der Waals surface area (Å²) in [6, 6.07) is 5.66. The lowest BCUT2D eigenvalue weighted by molar-refractivity contribution is -0.167. The number of amides is 1. The number of hydrogen-bond donors (Lipinski definition) is 2. The molecule has 0 atom stereocenters. The third-order valence-corrected chi connectivity index (χ3v) is 10.5. The van der Waals surface area contributed by atoms with Crippen LogP contribution >= 0.6 is 23.4 Å². The van der Waals surface area contributed by atoms with Crippen molar-refractivity contribution in [3.05, 3.63) is 28.8 Å². The van der Waals surface area contributed by atoms with Gasteiger partial charge in [-0.1, -0.05) is 11.6 Å². The molecule has 5 fully saturated rings. The van der Waals surface area contributed by atoms with Gasteiger partial charge in [-0.3, -0.25) is 9.59 Å². The summed E-state index contributed by atoms with van der Waals surface area (Å²) in [7, 11) is 0. The van der Waals surface area contributed by atoms with Gasteiger partial charge in [-0.15, -0.1) is 11.8 Å². The summed E-state index contributed by atoms with van der Waals surface area (Å²) in [4.78, 5) is 27.4. The molecule has 1 aromatic carbocycles. The van der Waals surface area contributed by atoms with Gasteiger partial charge in [-0.2, -0.15) is 0 Å². The Morgan fingerprint density at radius 2 is 1.69 bits per heavy atom. The number of carbonyl (C=O) groups is 2. The van der Waals surface area contributed by atoms with Crippen LogP contribution in [0.4, 0.5) is 0 Å². The number of nitrogens with one attached hydrogen (secondary N) is 2. The summed E-state index contributed by atoms with van der Waals surface area (Å²) in [6.45, 7) is 8.12. The molecule has 2 N–H and O–H groups in total. The van der Waals surface area contributed by atoms with Crippen molar-refractivity contribution in [1.29, 1.82) is 0 Å². The number of hydrogen-bond acceptors (Lipinski definition) is 5. The SMILES string of the molecule is CC(C)(C)OC(=O)C1(CSc2ccc(Cl)c(C(=O)NCC34CC5CC(CC(C5)C3)C4)c2)CCNCC1. The van der Waals surface area contributed by atoms with Crippen LogP contribution in [0.25, 0.3) is 0 Å². The number of halogens is 1. The lowest BCUT2D eigenvalue weighted by Gasteiger charge is -2.56. The van der Waals surface area contributed by atoms with Gasteiger partial charge in [-0.25, -0.2) is 0 Å². The molecule has 6 rings (SSSR count). The average molecular weight is 533 g/mol. The molecule has 1 heterocycles. The number of carbonyl (C=O) groups excluding carboxylic acids is 2. The van der Waals surface area contributed by atoms with E-state index >= 15 is 0 Å². The van der Waals surface area contributed by atoms with Gasteiger partial charge in [0.05, 0.1) is 16.0 Å². The van der Waals surface area contributed by atoms with E-state index in [1.165, 1.54) is 38.5 Å². The van der Waals surface area contributed by atoms with Gasteiger partial charge in [0, 0.05) is 17.2 Å². The van der Waals surface area contributed by atoms with E-state index in [0.717, 1.165) is 55.1 Å². The van der Waals surface area contributed by atoms with E-state index in [2.05, 4.69) is 10.6 Å². The van der Waals surface area contributed by atoms with Gasteiger partial charge in [0.2, 0.25) is 0 Å². The molecule has 7 heteroatoms. The molecule has 1 aliphatic heterocycles. The molecule has 4 bridgehead atoms. The van der Waals surface area contributed by atoms with E-state index in [0.29, 0.717) is 16.3 Å². The van der Waals surface area contributed by atoms with Gasteiger partial charge >= 0.3 is 5.97 Å². The average Bonchev–Trinajstić information content (AvgIpc) is 2.81. The van der Waals surface area contributed by atoms with Crippen LogP contribution in [0.15, 0.2) is 23.1 Å². The summed E-state index contributed by atoms with van der Waals surface area (Å²) in [5.74, 6) is 3.02. The second-order valence-corrected chi connectivity index (χ2v) is 14.5. The predicted molar refractivity (Wildman–Crippen MR) is 145 cm³/mol. The Bertz CT molecular complexity index is 963. The maximum atomic E-state index is 13.3. The van der Waals surface area contributed by atoms with Crippen LogP contribution in [0, 0.1) is 28.6 Å². The smallest absolute Gasteiger partial charge is 0.313 e. The normalized spacial score (nSPS) is 30.7. The van der Waals surface area contributed by atoms with Crippen LogP contribution in [0.5, 0.6) is 0 Å². The van der Waals surface area contributed by atoms with Crippen molar-refractivity contribution >= 4 is 35.2 Å². The first-order chi connectivity index (χ1) is 17.0. The maximum Gasteiger partial charge on any atom is 0.313 e. The molecule has 0 unspecified atom stereocenters. The van der Waals surface area contributed by atoms with Gasteiger partial charge < -0.3 is 15.4 Å². The molecule has 1 saturated heterocycles. The maximum absolute atomic E-state index is 13.3. The van der Waals surface area contributed by atoms with Gasteiger partial charge in [0.25, 0.3) is 5.91 Å². The Labute approximate surface area is 225 Å². The molecule has 5 aliphatic rings. The van der Waals surface area contributed by atoms with Crippen molar-refractivity contribution in [3.63, 3.8) is 0 Å². The fourth-order valence-electron chi connectivity index (χ4n) is 7.56. The first kappa shape index (κ1) is 26.4. The molecule has 36 heavy (non-hydrogen) atoms. The highest BCUT2D eigenvalue weighted by Gasteiger charge is 2.50. The van der Waals surface area contributed by atoms with Crippen LogP contribution in [0.2, 0.25) is 5.02 Å². The van der Waals surface area contributed by atoms with Crippen molar-refractivity contribution in [2.45, 2.75) is 82.6 Å². The highest BCUT2D eigenvalue weighted by atomic mass is 35.5. The minimum atomic E-state index is -0.524. The van der Waals surface area contributed by atoms with Crippen molar-refractivity contribution < 1.29 is 14.3 Å². The van der Waals surface area contributed by atoms with Crippen LogP contribution in [-0.4, -0.2) is 42.9 Å². The number of esters is 1. The number of thioether (sulfide) groups is 1. The number of ether oxygens (including phenoxy) is 1. The van der Waals surface area contributed by atoms with E-state index < -0.39 is 11.0 Å². The molecular formula is C29H41ClN2O3S. The zero-order valence-electron chi connectivity index (χ0n) is 22.0. The summed E-state index contributed by atoms with van der Waals surface area (Å²) in [5, 5.41) is 7.10. The minimum absolute atomic E-state index is 0.0816. The minimum Gasteiger partial charge on any atom is -0.460 e. The van der Waals surface area contributed by atoms with Crippen LogP contribution < -0.4 is 10.6 Å². The van der Waals surface area contributed by atoms with Gasteiger partial charge in [0.15, 0.2) is 0 Å². The Kier molecular flexibility index (Phi) is 7.43. The first-order valence-electron chi connectivity index (χ1n) is 13.7.